The number of fused-ring (bicyclic) bond motifs is 1. The zero-order valence-electron chi connectivity index (χ0n) is 17.8. The fraction of sp³-hybridized carbons (Fsp3) is 0.381. The van der Waals surface area contributed by atoms with E-state index in [0.717, 1.165) is 0 Å². The molecule has 2 aromatic rings. The molecule has 2 amide bonds. The van der Waals surface area contributed by atoms with Crippen molar-refractivity contribution in [2.24, 2.45) is 17.8 Å². The summed E-state index contributed by atoms with van der Waals surface area (Å²) in [6.07, 6.45) is 1.36. The lowest BCUT2D eigenvalue weighted by atomic mass is 9.61. The third-order valence-electron chi connectivity index (χ3n) is 6.49. The number of ether oxygens (including phenoxy) is 1. The number of amides is 2. The van der Waals surface area contributed by atoms with Crippen molar-refractivity contribution in [2.75, 3.05) is 7.11 Å². The molecule has 4 unspecified atom stereocenters. The van der Waals surface area contributed by atoms with E-state index < -0.39 is 52.2 Å². The average molecular weight is 452 g/mol. The van der Waals surface area contributed by atoms with Crippen molar-refractivity contribution in [3.05, 3.63) is 24.0 Å². The lowest BCUT2D eigenvalue weighted by Crippen LogP contribution is -2.66. The van der Waals surface area contributed by atoms with Gasteiger partial charge < -0.3 is 14.3 Å². The second-order valence-corrected chi connectivity index (χ2v) is 8.35. The number of methoxy groups -OCH3 is 1. The van der Waals surface area contributed by atoms with Gasteiger partial charge in [0.05, 0.1) is 47.9 Å². The Morgan fingerprint density at radius 3 is 2.18 bits per heavy atom. The van der Waals surface area contributed by atoms with Crippen molar-refractivity contribution in [1.82, 2.24) is 21.7 Å². The van der Waals surface area contributed by atoms with E-state index >= 15 is 0 Å². The monoisotopic (exact) mass is 452 g/mol. The number of Topliss-reactive ketones (excluding diaryl/α,β-unsaturated/α-hetero) is 1. The maximum Gasteiger partial charge on any atom is 0.253 e. The van der Waals surface area contributed by atoms with Crippen LogP contribution < -0.4 is 26.4 Å². The van der Waals surface area contributed by atoms with E-state index in [-0.39, 0.29) is 16.9 Å². The predicted octanol–water partition coefficient (Wildman–Crippen LogP) is 0.0117. The van der Waals surface area contributed by atoms with Gasteiger partial charge >= 0.3 is 0 Å². The van der Waals surface area contributed by atoms with Crippen molar-refractivity contribution in [3.8, 4) is 23.6 Å². The summed E-state index contributed by atoms with van der Waals surface area (Å²) in [4.78, 5) is 39.0. The third kappa shape index (κ3) is 2.92. The summed E-state index contributed by atoms with van der Waals surface area (Å²) in [6, 6.07) is 6.58. The molecule has 0 radical (unpaired) electrons. The maximum atomic E-state index is 14.2. The van der Waals surface area contributed by atoms with E-state index in [0.29, 0.717) is 5.39 Å². The highest BCUT2D eigenvalue weighted by molar-refractivity contribution is 6.10. The van der Waals surface area contributed by atoms with Crippen LogP contribution >= 0.6 is 0 Å². The number of phenolic OH excluding ortho intramolecular Hbond substituents is 1. The van der Waals surface area contributed by atoms with Crippen LogP contribution in [0.4, 0.5) is 0 Å². The Labute approximate surface area is 187 Å². The Bertz CT molecular complexity index is 1230. The van der Waals surface area contributed by atoms with Crippen LogP contribution in [-0.2, 0) is 9.59 Å². The molecule has 4 atom stereocenters. The van der Waals surface area contributed by atoms with Gasteiger partial charge in [-0.1, -0.05) is 0 Å². The molecule has 0 spiro atoms. The molecular formula is C21H20N6O6. The van der Waals surface area contributed by atoms with Crippen LogP contribution in [0.3, 0.4) is 0 Å². The second-order valence-electron chi connectivity index (χ2n) is 8.35. The molecule has 1 aromatic heterocycles. The number of phenols is 1. The molecule has 5 N–H and O–H groups in total. The molecule has 0 bridgehead atoms. The van der Waals surface area contributed by atoms with Gasteiger partial charge in [-0.25, -0.2) is 10.9 Å². The number of aromatic hydroxyl groups is 1. The van der Waals surface area contributed by atoms with Crippen LogP contribution in [0.2, 0.25) is 0 Å². The Hall–Kier alpha value is -4.13. The van der Waals surface area contributed by atoms with Crippen LogP contribution in [0.25, 0.3) is 11.0 Å². The van der Waals surface area contributed by atoms with Gasteiger partial charge in [-0.15, -0.1) is 0 Å². The molecule has 2 fully saturated rings. The Morgan fingerprint density at radius 1 is 1.15 bits per heavy atom. The molecule has 3 heterocycles. The largest absolute Gasteiger partial charge is 0.507 e. The maximum absolute atomic E-state index is 14.2. The van der Waals surface area contributed by atoms with Gasteiger partial charge in [0, 0.05) is 6.07 Å². The molecule has 0 saturated carbocycles. The van der Waals surface area contributed by atoms with Gasteiger partial charge in [-0.05, 0) is 19.9 Å². The highest BCUT2D eigenvalue weighted by atomic mass is 16.5. The number of ketones is 1. The molecule has 4 rings (SSSR count). The Kier molecular flexibility index (Phi) is 5.00. The first-order valence-electron chi connectivity index (χ1n) is 9.88. The highest BCUT2D eigenvalue weighted by Gasteiger charge is 2.64. The third-order valence-corrected chi connectivity index (χ3v) is 6.49. The van der Waals surface area contributed by atoms with Crippen LogP contribution in [-0.4, -0.2) is 40.9 Å². The number of furan rings is 1. The van der Waals surface area contributed by atoms with E-state index in [9.17, 15) is 30.0 Å². The molecule has 2 aliphatic rings. The lowest BCUT2D eigenvalue weighted by Gasteiger charge is -2.44. The van der Waals surface area contributed by atoms with E-state index in [1.807, 2.05) is 12.1 Å². The van der Waals surface area contributed by atoms with Gasteiger partial charge in [0.1, 0.15) is 34.5 Å². The Morgan fingerprint density at radius 2 is 1.70 bits per heavy atom. The fourth-order valence-corrected chi connectivity index (χ4v) is 4.92. The number of nitrogens with zero attached hydrogens (tertiary/aromatic N) is 2. The van der Waals surface area contributed by atoms with E-state index in [2.05, 4.69) is 21.7 Å². The molecule has 2 saturated heterocycles. The number of nitriles is 2. The number of hydrogen-bond acceptors (Lipinski definition) is 10. The van der Waals surface area contributed by atoms with E-state index in [4.69, 9.17) is 9.15 Å². The molecule has 33 heavy (non-hydrogen) atoms. The molecular weight excluding hydrogens is 432 g/mol. The SMILES string of the molecule is COc1c(C(=O)C(C2(C)NNC(=O)C2C#N)C2(C)NNC(=O)C2C#N)c(O)cc2occc12. The topological polar surface area (TPSA) is 190 Å². The molecule has 12 heteroatoms. The van der Waals surface area contributed by atoms with E-state index in [1.54, 1.807) is 6.07 Å². The summed E-state index contributed by atoms with van der Waals surface area (Å²) in [5.74, 6) is -6.67. The van der Waals surface area contributed by atoms with Gasteiger partial charge in [-0.3, -0.25) is 25.2 Å². The number of hydrogen-bond donors (Lipinski definition) is 5. The standard InChI is InChI=1S/C21H20N6O6/c1-20(10(7-22)18(30)24-26-20)17(21(2)11(8-23)19(31)25-27-21)15(29)14-12(28)6-13-9(4-5-33-13)16(14)32-3/h4-6,10-11,17,26-28H,1-3H3,(H,24,30)(H,25,31). The van der Waals surface area contributed by atoms with Gasteiger partial charge in [0.15, 0.2) is 5.78 Å². The number of benzene rings is 1. The second kappa shape index (κ2) is 7.48. The summed E-state index contributed by atoms with van der Waals surface area (Å²) in [6.45, 7) is 2.93. The predicted molar refractivity (Wildman–Crippen MR) is 110 cm³/mol. The van der Waals surface area contributed by atoms with Gasteiger partial charge in [0.2, 0.25) is 0 Å². The van der Waals surface area contributed by atoms with Crippen molar-refractivity contribution in [3.63, 3.8) is 0 Å². The Balaban J connectivity index is 1.99. The number of nitrogens with one attached hydrogen (secondary N) is 4. The molecule has 2 aliphatic heterocycles. The number of rotatable bonds is 5. The first-order valence-corrected chi connectivity index (χ1v) is 9.88. The molecule has 12 nitrogen and oxygen atoms in total. The average Bonchev–Trinajstić information content (AvgIpc) is 3.43. The smallest absolute Gasteiger partial charge is 0.253 e. The first-order chi connectivity index (χ1) is 15.6. The normalized spacial score (nSPS) is 29.7. The fourth-order valence-electron chi connectivity index (χ4n) is 4.92. The number of hydrazine groups is 2. The van der Waals surface area contributed by atoms with Crippen LogP contribution in [0.5, 0.6) is 11.5 Å². The van der Waals surface area contributed by atoms with Crippen LogP contribution in [0.1, 0.15) is 24.2 Å². The minimum atomic E-state index is -1.59. The van der Waals surface area contributed by atoms with Crippen LogP contribution in [0, 0.1) is 40.4 Å². The van der Waals surface area contributed by atoms with Crippen LogP contribution in [0.15, 0.2) is 22.8 Å². The summed E-state index contributed by atoms with van der Waals surface area (Å²) >= 11 is 0. The minimum absolute atomic E-state index is 0.0116. The summed E-state index contributed by atoms with van der Waals surface area (Å²) in [7, 11) is 1.31. The summed E-state index contributed by atoms with van der Waals surface area (Å²) in [5.41, 5.74) is 7.00. The van der Waals surface area contributed by atoms with Crippen molar-refractivity contribution in [2.45, 2.75) is 24.9 Å². The first kappa shape index (κ1) is 22.1. The van der Waals surface area contributed by atoms with Crippen molar-refractivity contribution in [1.29, 1.82) is 10.5 Å². The number of carbonyl (C=O) groups excluding carboxylic acids is 3. The zero-order valence-corrected chi connectivity index (χ0v) is 17.8. The van der Waals surface area contributed by atoms with E-state index in [1.165, 1.54) is 33.3 Å². The lowest BCUT2D eigenvalue weighted by molar-refractivity contribution is -0.122. The van der Waals surface area contributed by atoms with Crippen molar-refractivity contribution < 1.29 is 28.6 Å². The zero-order chi connectivity index (χ0) is 24.1. The molecule has 0 aliphatic carbocycles. The molecule has 1 aromatic carbocycles. The summed E-state index contributed by atoms with van der Waals surface area (Å²) < 4.78 is 10.7. The van der Waals surface area contributed by atoms with Crippen molar-refractivity contribution >= 4 is 28.6 Å². The quantitative estimate of drug-likeness (QED) is 0.386. The van der Waals surface area contributed by atoms with Gasteiger partial charge in [-0.2, -0.15) is 10.5 Å². The molecule has 170 valence electrons. The summed E-state index contributed by atoms with van der Waals surface area (Å²) in [5, 5.41) is 30.6. The minimum Gasteiger partial charge on any atom is -0.507 e. The highest BCUT2D eigenvalue weighted by Crippen LogP contribution is 2.46. The number of carbonyl (C=O) groups is 3. The van der Waals surface area contributed by atoms with Gasteiger partial charge in [0.25, 0.3) is 11.8 Å².